The molecule has 1 aromatic rings. The lowest BCUT2D eigenvalue weighted by Crippen LogP contribution is -2.60. The van der Waals surface area contributed by atoms with Gasteiger partial charge >= 0.3 is 0 Å². The van der Waals surface area contributed by atoms with E-state index in [1.165, 1.54) is 25.1 Å². The molecule has 1 aromatic carbocycles. The zero-order chi connectivity index (χ0) is 24.4. The van der Waals surface area contributed by atoms with Gasteiger partial charge in [-0.25, -0.2) is 0 Å². The largest absolute Gasteiger partial charge is 0.462 e. The molecule has 33 heavy (non-hydrogen) atoms. The zero-order valence-corrected chi connectivity index (χ0v) is 17.5. The van der Waals surface area contributed by atoms with Crippen LogP contribution in [0.5, 0.6) is 11.5 Å². The third-order valence-electron chi connectivity index (χ3n) is 5.52. The summed E-state index contributed by atoms with van der Waals surface area (Å²) in [7, 11) is 0. The average Bonchev–Trinajstić information content (AvgIpc) is 2.79. The third-order valence-corrected chi connectivity index (χ3v) is 5.52. The maximum Gasteiger partial charge on any atom is 0.229 e. The van der Waals surface area contributed by atoms with Crippen LogP contribution in [0.4, 0.5) is 0 Å². The van der Waals surface area contributed by atoms with E-state index in [-0.39, 0.29) is 17.1 Å². The zero-order valence-electron chi connectivity index (χ0n) is 17.5. The Labute approximate surface area is 187 Å². The van der Waals surface area contributed by atoms with Crippen molar-refractivity contribution in [1.82, 2.24) is 0 Å². The standard InChI is InChI=1S/C20H28O13/c1-7(23)9-3-2-8(30-19-17(28)15(26)13(24)11(5-21)32-19)4-10(9)31-20-18(29)16(27)14(25)12(6-22)33-20/h2-4,11-22,24-29H,5-6H2,1H3/t11-,12-,13-,14-,15+,16+,17-,18-,19-,20-/m1/s1. The second-order valence-electron chi connectivity index (χ2n) is 7.84. The van der Waals surface area contributed by atoms with Crippen molar-refractivity contribution in [3.8, 4) is 11.5 Å². The van der Waals surface area contributed by atoms with Crippen LogP contribution in [-0.4, -0.2) is 121 Å². The SMILES string of the molecule is CC(=O)c1ccc(O[C@@H]2O[C@H](CO)[C@@H](O)[C@H](O)[C@H]2O)cc1O[C@@H]1O[C@H](CO)[C@@H](O)[C@H](O)[C@H]1O. The Morgan fingerprint density at radius 3 is 1.73 bits per heavy atom. The molecule has 2 fully saturated rings. The van der Waals surface area contributed by atoms with Crippen molar-refractivity contribution in [2.24, 2.45) is 0 Å². The van der Waals surface area contributed by atoms with Gasteiger partial charge in [-0.2, -0.15) is 0 Å². The summed E-state index contributed by atoms with van der Waals surface area (Å²) < 4.78 is 21.6. The van der Waals surface area contributed by atoms with Crippen molar-refractivity contribution in [2.75, 3.05) is 13.2 Å². The van der Waals surface area contributed by atoms with Crippen LogP contribution in [0.1, 0.15) is 17.3 Å². The number of aliphatic hydroxyl groups is 8. The summed E-state index contributed by atoms with van der Waals surface area (Å²) in [5.74, 6) is -0.619. The second kappa shape index (κ2) is 10.6. The Hall–Kier alpha value is -1.91. The summed E-state index contributed by atoms with van der Waals surface area (Å²) in [5.41, 5.74) is 0.0353. The molecular weight excluding hydrogens is 448 g/mol. The summed E-state index contributed by atoms with van der Waals surface area (Å²) in [4.78, 5) is 12.0. The van der Waals surface area contributed by atoms with Crippen LogP contribution in [0.3, 0.4) is 0 Å². The van der Waals surface area contributed by atoms with Crippen LogP contribution >= 0.6 is 0 Å². The molecule has 0 saturated carbocycles. The molecule has 0 unspecified atom stereocenters. The molecule has 2 aliphatic heterocycles. The van der Waals surface area contributed by atoms with E-state index >= 15 is 0 Å². The predicted octanol–water partition coefficient (Wildman–Crippen LogP) is -3.75. The number of hydrogen-bond donors (Lipinski definition) is 8. The van der Waals surface area contributed by atoms with E-state index in [1.807, 2.05) is 0 Å². The molecule has 186 valence electrons. The first-order valence-electron chi connectivity index (χ1n) is 10.2. The first-order chi connectivity index (χ1) is 15.6. The van der Waals surface area contributed by atoms with E-state index in [9.17, 15) is 45.6 Å². The number of carbonyl (C=O) groups excluding carboxylic acids is 1. The lowest BCUT2D eigenvalue weighted by molar-refractivity contribution is -0.278. The van der Waals surface area contributed by atoms with Crippen LogP contribution in [0, 0.1) is 0 Å². The number of aliphatic hydroxyl groups excluding tert-OH is 8. The second-order valence-corrected chi connectivity index (χ2v) is 7.84. The van der Waals surface area contributed by atoms with E-state index < -0.39 is 80.4 Å². The van der Waals surface area contributed by atoms with Crippen LogP contribution in [0.15, 0.2) is 18.2 Å². The van der Waals surface area contributed by atoms with E-state index in [0.29, 0.717) is 0 Å². The molecule has 0 spiro atoms. The summed E-state index contributed by atoms with van der Waals surface area (Å²) in [6.45, 7) is -0.0855. The van der Waals surface area contributed by atoms with Crippen molar-refractivity contribution in [3.63, 3.8) is 0 Å². The maximum absolute atomic E-state index is 12.0. The van der Waals surface area contributed by atoms with Gasteiger partial charge in [0.1, 0.15) is 60.3 Å². The fourth-order valence-corrected chi connectivity index (χ4v) is 3.55. The van der Waals surface area contributed by atoms with Gasteiger partial charge in [0.05, 0.1) is 18.8 Å². The predicted molar refractivity (Wildman–Crippen MR) is 105 cm³/mol. The smallest absolute Gasteiger partial charge is 0.229 e. The van der Waals surface area contributed by atoms with Crippen molar-refractivity contribution < 1.29 is 64.6 Å². The van der Waals surface area contributed by atoms with Gasteiger partial charge in [0.25, 0.3) is 0 Å². The molecule has 0 aliphatic carbocycles. The molecule has 0 amide bonds. The maximum atomic E-state index is 12.0. The van der Waals surface area contributed by atoms with Crippen molar-refractivity contribution in [3.05, 3.63) is 23.8 Å². The number of rotatable bonds is 7. The van der Waals surface area contributed by atoms with Gasteiger partial charge in [0.15, 0.2) is 5.78 Å². The molecule has 2 heterocycles. The minimum absolute atomic E-state index is 0.0241. The van der Waals surface area contributed by atoms with Gasteiger partial charge in [-0.05, 0) is 19.1 Å². The highest BCUT2D eigenvalue weighted by Gasteiger charge is 2.46. The van der Waals surface area contributed by atoms with E-state index in [2.05, 4.69) is 0 Å². The monoisotopic (exact) mass is 476 g/mol. The van der Waals surface area contributed by atoms with Crippen LogP contribution in [0.25, 0.3) is 0 Å². The fraction of sp³-hybridized carbons (Fsp3) is 0.650. The number of Topliss-reactive ketones (excluding diaryl/α,β-unsaturated/α-hetero) is 1. The van der Waals surface area contributed by atoms with Crippen molar-refractivity contribution in [2.45, 2.75) is 68.3 Å². The molecule has 2 saturated heterocycles. The number of ketones is 1. The molecule has 3 rings (SSSR count). The number of ether oxygens (including phenoxy) is 4. The Morgan fingerprint density at radius 2 is 1.27 bits per heavy atom. The highest BCUT2D eigenvalue weighted by molar-refractivity contribution is 5.97. The van der Waals surface area contributed by atoms with Gasteiger partial charge in [-0.3, -0.25) is 4.79 Å². The van der Waals surface area contributed by atoms with Crippen molar-refractivity contribution in [1.29, 1.82) is 0 Å². The molecule has 0 bridgehead atoms. The normalized spacial score (nSPS) is 39.2. The molecule has 8 N–H and O–H groups in total. The summed E-state index contributed by atoms with van der Waals surface area (Å²) in [5, 5.41) is 78.6. The first-order valence-corrected chi connectivity index (χ1v) is 10.2. The summed E-state index contributed by atoms with van der Waals surface area (Å²) in [6.07, 6.45) is -15.4. The molecule has 13 nitrogen and oxygen atoms in total. The van der Waals surface area contributed by atoms with Gasteiger partial charge in [0, 0.05) is 6.07 Å². The number of hydrogen-bond acceptors (Lipinski definition) is 13. The van der Waals surface area contributed by atoms with E-state index in [0.717, 1.165) is 0 Å². The fourth-order valence-electron chi connectivity index (χ4n) is 3.55. The highest BCUT2D eigenvalue weighted by Crippen LogP contribution is 2.32. The van der Waals surface area contributed by atoms with Crippen molar-refractivity contribution >= 4 is 5.78 Å². The Morgan fingerprint density at radius 1 is 0.788 bits per heavy atom. The Balaban J connectivity index is 1.83. The Kier molecular flexibility index (Phi) is 8.23. The third kappa shape index (κ3) is 5.27. The lowest BCUT2D eigenvalue weighted by Gasteiger charge is -2.40. The molecular formula is C20H28O13. The van der Waals surface area contributed by atoms with Gasteiger partial charge in [-0.1, -0.05) is 0 Å². The van der Waals surface area contributed by atoms with E-state index in [4.69, 9.17) is 18.9 Å². The van der Waals surface area contributed by atoms with Gasteiger partial charge in [0.2, 0.25) is 12.6 Å². The molecule has 13 heteroatoms. The number of benzene rings is 1. The quantitative estimate of drug-likeness (QED) is 0.178. The molecule has 2 aliphatic rings. The molecule has 0 radical (unpaired) electrons. The van der Waals surface area contributed by atoms with Crippen LogP contribution in [-0.2, 0) is 9.47 Å². The van der Waals surface area contributed by atoms with Gasteiger partial charge in [-0.15, -0.1) is 0 Å². The Bertz CT molecular complexity index is 815. The van der Waals surface area contributed by atoms with Crippen LogP contribution in [0.2, 0.25) is 0 Å². The van der Waals surface area contributed by atoms with Crippen LogP contribution < -0.4 is 9.47 Å². The minimum atomic E-state index is -1.72. The summed E-state index contributed by atoms with van der Waals surface area (Å²) in [6, 6.07) is 3.83. The topological polar surface area (TPSA) is 216 Å². The highest BCUT2D eigenvalue weighted by atomic mass is 16.7. The molecule has 0 aromatic heterocycles. The first kappa shape index (κ1) is 25.7. The number of carbonyl (C=O) groups is 1. The van der Waals surface area contributed by atoms with Gasteiger partial charge < -0.3 is 59.8 Å². The average molecular weight is 476 g/mol. The lowest BCUT2D eigenvalue weighted by atomic mass is 9.99. The van der Waals surface area contributed by atoms with E-state index in [1.54, 1.807) is 0 Å². The molecule has 10 atom stereocenters. The minimum Gasteiger partial charge on any atom is -0.462 e. The summed E-state index contributed by atoms with van der Waals surface area (Å²) >= 11 is 0.